The quantitative estimate of drug-likeness (QED) is 0.430. The molecule has 26 heavy (non-hydrogen) atoms. The first kappa shape index (κ1) is 15.4. The molecule has 1 N–H and O–H groups in total. The minimum absolute atomic E-state index is 0.00418. The molecule has 0 saturated heterocycles. The fourth-order valence-electron chi connectivity index (χ4n) is 3.41. The summed E-state index contributed by atoms with van der Waals surface area (Å²) in [7, 11) is 0. The molecule has 0 unspecified atom stereocenters. The Labute approximate surface area is 155 Å². The standard InChI is InChI=1S/C19H7Cl2NO4/c20-9-5-6-10(21)14-11(9)17-13(19(25)22-14)12-15(23)7-3-1-2-4-8(7)16(24)18(12)26-17/h1-6H,(H,22,25). The van der Waals surface area contributed by atoms with Crippen molar-refractivity contribution >= 4 is 56.6 Å². The number of hydrogen-bond donors (Lipinski definition) is 1. The summed E-state index contributed by atoms with van der Waals surface area (Å²) >= 11 is 12.4. The van der Waals surface area contributed by atoms with Gasteiger partial charge in [0.15, 0.2) is 17.1 Å². The second-order valence-corrected chi connectivity index (χ2v) is 6.76. The van der Waals surface area contributed by atoms with Gasteiger partial charge in [0.25, 0.3) is 5.56 Å². The predicted molar refractivity (Wildman–Crippen MR) is 97.7 cm³/mol. The average molecular weight is 384 g/mol. The molecule has 0 amide bonds. The maximum Gasteiger partial charge on any atom is 0.260 e. The van der Waals surface area contributed by atoms with Crippen LogP contribution in [-0.2, 0) is 0 Å². The van der Waals surface area contributed by atoms with E-state index in [1.165, 1.54) is 0 Å². The van der Waals surface area contributed by atoms with Crippen molar-refractivity contribution in [2.75, 3.05) is 0 Å². The zero-order chi connectivity index (χ0) is 18.2. The number of aromatic amines is 1. The number of furan rings is 1. The van der Waals surface area contributed by atoms with Gasteiger partial charge in [-0.25, -0.2) is 0 Å². The van der Waals surface area contributed by atoms with Crippen LogP contribution < -0.4 is 5.56 Å². The second-order valence-electron chi connectivity index (χ2n) is 5.95. The lowest BCUT2D eigenvalue weighted by molar-refractivity contribution is 0.0962. The maximum absolute atomic E-state index is 12.9. The topological polar surface area (TPSA) is 80.1 Å². The summed E-state index contributed by atoms with van der Waals surface area (Å²) in [5, 5.41) is 0.921. The van der Waals surface area contributed by atoms with Gasteiger partial charge in [-0.3, -0.25) is 14.4 Å². The molecule has 2 heterocycles. The molecule has 4 aromatic rings. The van der Waals surface area contributed by atoms with Crippen molar-refractivity contribution in [1.29, 1.82) is 0 Å². The minimum atomic E-state index is -0.567. The van der Waals surface area contributed by atoms with Crippen molar-refractivity contribution in [3.8, 4) is 0 Å². The summed E-state index contributed by atoms with van der Waals surface area (Å²) in [6.45, 7) is 0. The van der Waals surface area contributed by atoms with Crippen LogP contribution in [0.15, 0.2) is 45.6 Å². The third-order valence-corrected chi connectivity index (χ3v) is 5.18. The van der Waals surface area contributed by atoms with Crippen LogP contribution in [0, 0.1) is 0 Å². The van der Waals surface area contributed by atoms with Crippen molar-refractivity contribution in [1.82, 2.24) is 4.98 Å². The fourth-order valence-corrected chi connectivity index (χ4v) is 3.86. The largest absolute Gasteiger partial charge is 0.451 e. The van der Waals surface area contributed by atoms with Crippen molar-refractivity contribution in [3.63, 3.8) is 0 Å². The van der Waals surface area contributed by atoms with Gasteiger partial charge in [0.2, 0.25) is 5.78 Å². The van der Waals surface area contributed by atoms with Crippen LogP contribution in [0.5, 0.6) is 0 Å². The summed E-state index contributed by atoms with van der Waals surface area (Å²) < 4.78 is 5.73. The molecule has 0 saturated carbocycles. The molecule has 0 radical (unpaired) electrons. The van der Waals surface area contributed by atoms with E-state index >= 15 is 0 Å². The Morgan fingerprint density at radius 1 is 0.808 bits per heavy atom. The van der Waals surface area contributed by atoms with Gasteiger partial charge in [0.05, 0.1) is 31.9 Å². The van der Waals surface area contributed by atoms with Gasteiger partial charge < -0.3 is 9.40 Å². The molecular formula is C19H7Cl2NO4. The Kier molecular flexibility index (Phi) is 2.99. The molecule has 0 fully saturated rings. The Bertz CT molecular complexity index is 1360. The molecule has 1 aliphatic rings. The molecule has 5 nitrogen and oxygen atoms in total. The third-order valence-electron chi connectivity index (χ3n) is 4.55. The molecule has 0 aliphatic heterocycles. The fraction of sp³-hybridized carbons (Fsp3) is 0. The molecule has 0 atom stereocenters. The number of fused-ring (bicyclic) bond motifs is 6. The summed E-state index contributed by atoms with van der Waals surface area (Å²) in [4.78, 5) is 41.1. The van der Waals surface area contributed by atoms with E-state index in [1.54, 1.807) is 36.4 Å². The number of benzene rings is 2. The molecular weight excluding hydrogens is 377 g/mol. The summed E-state index contributed by atoms with van der Waals surface area (Å²) in [6, 6.07) is 9.53. The molecule has 2 aromatic heterocycles. The zero-order valence-electron chi connectivity index (χ0n) is 12.9. The normalized spacial score (nSPS) is 13.3. The maximum atomic E-state index is 12.9. The molecule has 7 heteroatoms. The first-order valence-corrected chi connectivity index (χ1v) is 8.39. The monoisotopic (exact) mass is 383 g/mol. The number of ketones is 2. The van der Waals surface area contributed by atoms with Crippen molar-refractivity contribution < 1.29 is 14.0 Å². The van der Waals surface area contributed by atoms with Crippen molar-refractivity contribution in [3.05, 3.63) is 79.2 Å². The van der Waals surface area contributed by atoms with Crippen LogP contribution in [0.2, 0.25) is 10.0 Å². The lowest BCUT2D eigenvalue weighted by Gasteiger charge is -2.12. The summed E-state index contributed by atoms with van der Waals surface area (Å²) in [5.74, 6) is -1.04. The van der Waals surface area contributed by atoms with Crippen molar-refractivity contribution in [2.45, 2.75) is 0 Å². The Balaban J connectivity index is 2.02. The number of carbonyl (C=O) groups is 2. The van der Waals surface area contributed by atoms with Crippen LogP contribution in [-0.4, -0.2) is 16.6 Å². The van der Waals surface area contributed by atoms with E-state index < -0.39 is 17.1 Å². The Morgan fingerprint density at radius 3 is 2.19 bits per heavy atom. The lowest BCUT2D eigenvalue weighted by atomic mass is 9.87. The zero-order valence-corrected chi connectivity index (χ0v) is 14.4. The van der Waals surface area contributed by atoms with Gasteiger partial charge in [-0.05, 0) is 12.1 Å². The highest BCUT2D eigenvalue weighted by molar-refractivity contribution is 6.42. The first-order valence-electron chi connectivity index (χ1n) is 7.64. The lowest BCUT2D eigenvalue weighted by Crippen LogP contribution is -2.20. The van der Waals surface area contributed by atoms with Gasteiger partial charge >= 0.3 is 0 Å². The van der Waals surface area contributed by atoms with E-state index in [0.717, 1.165) is 0 Å². The third kappa shape index (κ3) is 1.79. The summed E-state index contributed by atoms with van der Waals surface area (Å²) in [6.07, 6.45) is 0. The number of hydrogen-bond acceptors (Lipinski definition) is 4. The van der Waals surface area contributed by atoms with E-state index in [2.05, 4.69) is 4.98 Å². The van der Waals surface area contributed by atoms with Gasteiger partial charge in [0, 0.05) is 11.1 Å². The number of halogens is 2. The van der Waals surface area contributed by atoms with E-state index in [-0.39, 0.29) is 43.5 Å². The number of carbonyl (C=O) groups excluding carboxylic acids is 2. The Morgan fingerprint density at radius 2 is 1.46 bits per heavy atom. The Hall–Kier alpha value is -2.89. The summed E-state index contributed by atoms with van der Waals surface area (Å²) in [5.41, 5.74) is 0.249. The van der Waals surface area contributed by atoms with E-state index in [1.807, 2.05) is 0 Å². The van der Waals surface area contributed by atoms with Crippen LogP contribution in [0.25, 0.3) is 21.9 Å². The molecule has 2 aromatic carbocycles. The predicted octanol–water partition coefficient (Wildman–Crippen LogP) is 4.36. The SMILES string of the molecule is O=C1c2ccccc2C(=O)c2c1oc1c2c(=O)[nH]c2c(Cl)ccc(Cl)c21. The minimum Gasteiger partial charge on any atom is -0.451 e. The first-order chi connectivity index (χ1) is 12.5. The van der Waals surface area contributed by atoms with Gasteiger partial charge in [-0.2, -0.15) is 0 Å². The van der Waals surface area contributed by atoms with E-state index in [0.29, 0.717) is 10.9 Å². The van der Waals surface area contributed by atoms with Crippen LogP contribution in [0.3, 0.4) is 0 Å². The van der Waals surface area contributed by atoms with Gasteiger partial charge in [-0.15, -0.1) is 0 Å². The average Bonchev–Trinajstić information content (AvgIpc) is 3.04. The van der Waals surface area contributed by atoms with Gasteiger partial charge in [-0.1, -0.05) is 47.5 Å². The number of nitrogens with one attached hydrogen (secondary N) is 1. The number of rotatable bonds is 0. The molecule has 0 bridgehead atoms. The number of aromatic nitrogens is 1. The molecule has 5 rings (SSSR count). The highest BCUT2D eigenvalue weighted by Gasteiger charge is 2.36. The highest BCUT2D eigenvalue weighted by Crippen LogP contribution is 2.39. The van der Waals surface area contributed by atoms with E-state index in [4.69, 9.17) is 27.6 Å². The number of H-pyrrole nitrogens is 1. The molecule has 126 valence electrons. The van der Waals surface area contributed by atoms with Gasteiger partial charge in [0.1, 0.15) is 0 Å². The van der Waals surface area contributed by atoms with Crippen LogP contribution in [0.4, 0.5) is 0 Å². The molecule has 0 spiro atoms. The van der Waals surface area contributed by atoms with Crippen LogP contribution in [0.1, 0.15) is 32.0 Å². The van der Waals surface area contributed by atoms with Crippen LogP contribution >= 0.6 is 23.2 Å². The molecule has 1 aliphatic carbocycles. The van der Waals surface area contributed by atoms with E-state index in [9.17, 15) is 14.4 Å². The highest BCUT2D eigenvalue weighted by atomic mass is 35.5. The van der Waals surface area contributed by atoms with Crippen molar-refractivity contribution in [2.24, 2.45) is 0 Å². The number of pyridine rings is 1. The smallest absolute Gasteiger partial charge is 0.260 e. The second kappa shape index (κ2) is 5.06.